The Morgan fingerprint density at radius 2 is 1.84 bits per heavy atom. The molecule has 1 saturated heterocycles. The molecule has 200 valence electrons. The van der Waals surface area contributed by atoms with E-state index in [2.05, 4.69) is 31.7 Å². The van der Waals surface area contributed by atoms with Gasteiger partial charge in [0, 0.05) is 19.6 Å². The molecule has 2 aromatic carbocycles. The van der Waals surface area contributed by atoms with Crippen molar-refractivity contribution in [1.82, 2.24) is 14.2 Å². The molecule has 1 fully saturated rings. The Balaban J connectivity index is 1.68. The molecule has 8 nitrogen and oxygen atoms in total. The highest BCUT2D eigenvalue weighted by atomic mass is 32.2. The number of rotatable bonds is 10. The second kappa shape index (κ2) is 11.5. The maximum atomic E-state index is 14.1. The van der Waals surface area contributed by atoms with Crippen LogP contribution in [-0.2, 0) is 14.8 Å². The SMILES string of the molecule is CCN(CC)CCN(C(=O)C1CCCN1S(=O)(=O)c1ccc(OC)cc1)c1nc2cc(C)cc(C)c2s1. The van der Waals surface area contributed by atoms with E-state index in [4.69, 9.17) is 9.72 Å². The van der Waals surface area contributed by atoms with Crippen molar-refractivity contribution in [3.63, 3.8) is 0 Å². The van der Waals surface area contributed by atoms with Gasteiger partial charge in [0.25, 0.3) is 0 Å². The first kappa shape index (κ1) is 27.5. The summed E-state index contributed by atoms with van der Waals surface area (Å²) in [4.78, 5) is 23.1. The molecule has 0 radical (unpaired) electrons. The molecule has 37 heavy (non-hydrogen) atoms. The van der Waals surface area contributed by atoms with Gasteiger partial charge in [0.1, 0.15) is 11.8 Å². The van der Waals surface area contributed by atoms with Crippen molar-refractivity contribution in [2.24, 2.45) is 0 Å². The molecule has 0 bridgehead atoms. The molecular formula is C27H36N4O4S2. The largest absolute Gasteiger partial charge is 0.497 e. The highest BCUT2D eigenvalue weighted by Gasteiger charge is 2.42. The van der Waals surface area contributed by atoms with E-state index in [9.17, 15) is 13.2 Å². The molecule has 4 rings (SSSR count). The molecule has 1 atom stereocenters. The first-order valence-electron chi connectivity index (χ1n) is 12.8. The zero-order valence-electron chi connectivity index (χ0n) is 22.2. The van der Waals surface area contributed by atoms with Gasteiger partial charge in [-0.1, -0.05) is 31.3 Å². The van der Waals surface area contributed by atoms with Crippen LogP contribution in [0.4, 0.5) is 5.13 Å². The highest BCUT2D eigenvalue weighted by Crippen LogP contribution is 2.34. The number of aryl methyl sites for hydroxylation is 2. The van der Waals surface area contributed by atoms with Gasteiger partial charge < -0.3 is 9.64 Å². The van der Waals surface area contributed by atoms with Crippen LogP contribution in [0.1, 0.15) is 37.8 Å². The van der Waals surface area contributed by atoms with Crippen LogP contribution in [-0.4, -0.2) is 74.4 Å². The van der Waals surface area contributed by atoms with Gasteiger partial charge in [-0.05, 0) is 81.2 Å². The Bertz CT molecular complexity index is 1350. The number of nitrogens with zero attached hydrogens (tertiary/aromatic N) is 4. The van der Waals surface area contributed by atoms with E-state index in [1.54, 1.807) is 17.0 Å². The maximum Gasteiger partial charge on any atom is 0.247 e. The predicted molar refractivity (Wildman–Crippen MR) is 149 cm³/mol. The highest BCUT2D eigenvalue weighted by molar-refractivity contribution is 7.89. The van der Waals surface area contributed by atoms with Crippen LogP contribution in [0.5, 0.6) is 5.75 Å². The number of hydrogen-bond acceptors (Lipinski definition) is 7. The van der Waals surface area contributed by atoms with E-state index in [1.807, 2.05) is 13.0 Å². The van der Waals surface area contributed by atoms with Crippen molar-refractivity contribution in [2.45, 2.75) is 51.5 Å². The lowest BCUT2D eigenvalue weighted by Crippen LogP contribution is -2.49. The van der Waals surface area contributed by atoms with Crippen molar-refractivity contribution in [3.05, 3.63) is 47.5 Å². The summed E-state index contributed by atoms with van der Waals surface area (Å²) in [6.45, 7) is 11.5. The van der Waals surface area contributed by atoms with Crippen LogP contribution < -0.4 is 9.64 Å². The van der Waals surface area contributed by atoms with Gasteiger partial charge in [-0.2, -0.15) is 4.31 Å². The first-order valence-corrected chi connectivity index (χ1v) is 15.0. The Morgan fingerprint density at radius 3 is 2.49 bits per heavy atom. The number of benzene rings is 2. The summed E-state index contributed by atoms with van der Waals surface area (Å²) in [7, 11) is -2.31. The quantitative estimate of drug-likeness (QED) is 0.375. The minimum Gasteiger partial charge on any atom is -0.497 e. The molecule has 0 aliphatic carbocycles. The second-order valence-electron chi connectivity index (χ2n) is 9.39. The van der Waals surface area contributed by atoms with Gasteiger partial charge >= 0.3 is 0 Å². The third-order valence-corrected chi connectivity index (χ3v) is 10.1. The van der Waals surface area contributed by atoms with Crippen LogP contribution in [0.15, 0.2) is 41.3 Å². The summed E-state index contributed by atoms with van der Waals surface area (Å²) < 4.78 is 34.8. The second-order valence-corrected chi connectivity index (χ2v) is 12.3. The first-order chi connectivity index (χ1) is 17.7. The zero-order valence-corrected chi connectivity index (χ0v) is 23.9. The number of aromatic nitrogens is 1. The summed E-state index contributed by atoms with van der Waals surface area (Å²) in [5.41, 5.74) is 3.11. The Labute approximate surface area is 223 Å². The van der Waals surface area contributed by atoms with Gasteiger partial charge in [-0.15, -0.1) is 0 Å². The predicted octanol–water partition coefficient (Wildman–Crippen LogP) is 4.45. The molecule has 1 aromatic heterocycles. The number of carbonyl (C=O) groups is 1. The minimum atomic E-state index is -3.85. The van der Waals surface area contributed by atoms with Crippen molar-refractivity contribution in [1.29, 1.82) is 0 Å². The molecule has 10 heteroatoms. The summed E-state index contributed by atoms with van der Waals surface area (Å²) in [6, 6.07) is 9.70. The number of hydrogen-bond donors (Lipinski definition) is 0. The van der Waals surface area contributed by atoms with Crippen LogP contribution in [0.25, 0.3) is 10.2 Å². The third-order valence-electron chi connectivity index (χ3n) is 6.99. The fraction of sp³-hybridized carbons (Fsp3) is 0.481. The lowest BCUT2D eigenvalue weighted by molar-refractivity contribution is -0.121. The van der Waals surface area contributed by atoms with Crippen molar-refractivity contribution in [2.75, 3.05) is 44.7 Å². The monoisotopic (exact) mass is 544 g/mol. The fourth-order valence-electron chi connectivity index (χ4n) is 4.90. The summed E-state index contributed by atoms with van der Waals surface area (Å²) in [5, 5.41) is 0.620. The number of carbonyl (C=O) groups excluding carboxylic acids is 1. The van der Waals surface area contributed by atoms with Gasteiger partial charge in [-0.25, -0.2) is 13.4 Å². The molecule has 1 aliphatic heterocycles. The number of sulfonamides is 1. The lowest BCUT2D eigenvalue weighted by Gasteiger charge is -2.30. The van der Waals surface area contributed by atoms with Gasteiger partial charge in [0.05, 0.1) is 22.2 Å². The number of ether oxygens (including phenoxy) is 1. The molecule has 3 aromatic rings. The molecular weight excluding hydrogens is 508 g/mol. The van der Waals surface area contributed by atoms with Gasteiger partial charge in [0.15, 0.2) is 5.13 Å². The molecule has 0 spiro atoms. The van der Waals surface area contributed by atoms with Crippen LogP contribution in [0, 0.1) is 13.8 Å². The molecule has 0 saturated carbocycles. The fourth-order valence-corrected chi connectivity index (χ4v) is 7.60. The number of amides is 1. The maximum absolute atomic E-state index is 14.1. The molecule has 0 N–H and O–H groups in total. The van der Waals surface area contributed by atoms with E-state index in [0.29, 0.717) is 43.4 Å². The average molecular weight is 545 g/mol. The molecule has 2 heterocycles. The van der Waals surface area contributed by atoms with Crippen LogP contribution >= 0.6 is 11.3 Å². The molecule has 1 amide bonds. The van der Waals surface area contributed by atoms with Crippen molar-refractivity contribution >= 4 is 42.6 Å². The summed E-state index contributed by atoms with van der Waals surface area (Å²) in [5.74, 6) is 0.368. The summed E-state index contributed by atoms with van der Waals surface area (Å²) >= 11 is 1.50. The van der Waals surface area contributed by atoms with Gasteiger partial charge in [-0.3, -0.25) is 9.69 Å². The number of fused-ring (bicyclic) bond motifs is 1. The van der Waals surface area contributed by atoms with E-state index < -0.39 is 16.1 Å². The Hall–Kier alpha value is -2.53. The topological polar surface area (TPSA) is 83.0 Å². The molecule has 1 unspecified atom stereocenters. The van der Waals surface area contributed by atoms with E-state index in [0.717, 1.165) is 34.4 Å². The van der Waals surface area contributed by atoms with Crippen LogP contribution in [0.2, 0.25) is 0 Å². The Morgan fingerprint density at radius 1 is 1.14 bits per heavy atom. The summed E-state index contributed by atoms with van der Waals surface area (Å²) in [6.07, 6.45) is 1.12. The Kier molecular flexibility index (Phi) is 8.52. The smallest absolute Gasteiger partial charge is 0.247 e. The normalized spacial score (nSPS) is 16.5. The van der Waals surface area contributed by atoms with Crippen molar-refractivity contribution in [3.8, 4) is 5.75 Å². The number of thiazole rings is 1. The van der Waals surface area contributed by atoms with E-state index in [-0.39, 0.29) is 10.8 Å². The number of methoxy groups -OCH3 is 1. The average Bonchev–Trinajstić information content (AvgIpc) is 3.55. The van der Waals surface area contributed by atoms with Crippen molar-refractivity contribution < 1.29 is 17.9 Å². The standard InChI is InChI=1S/C27H36N4O4S2/c1-6-29(7-2)15-16-30(27-28-23-18-19(3)17-20(4)25(23)36-27)26(32)24-9-8-14-31(24)37(33,34)22-12-10-21(35-5)11-13-22/h10-13,17-18,24H,6-9,14-16H2,1-5H3. The minimum absolute atomic E-state index is 0.161. The van der Waals surface area contributed by atoms with Crippen LogP contribution in [0.3, 0.4) is 0 Å². The number of anilines is 1. The van der Waals surface area contributed by atoms with E-state index in [1.165, 1.54) is 34.9 Å². The van der Waals surface area contributed by atoms with Gasteiger partial charge in [0.2, 0.25) is 15.9 Å². The number of likely N-dealkylation sites (N-methyl/N-ethyl adjacent to an activating group) is 1. The lowest BCUT2D eigenvalue weighted by atomic mass is 10.1. The van der Waals surface area contributed by atoms with E-state index >= 15 is 0 Å². The third kappa shape index (κ3) is 5.67. The zero-order chi connectivity index (χ0) is 26.7. The molecule has 1 aliphatic rings.